The van der Waals surface area contributed by atoms with E-state index in [1.165, 1.54) is 0 Å². The smallest absolute Gasteiger partial charge is 0.0977 e. The monoisotopic (exact) mass is 161 g/mol. The van der Waals surface area contributed by atoms with Crippen molar-refractivity contribution in [1.29, 1.82) is 0 Å². The quantitative estimate of drug-likeness (QED) is 0.370. The van der Waals surface area contributed by atoms with Gasteiger partial charge in [-0.2, -0.15) is 0 Å². The Kier molecular flexibility index (Phi) is 2.84. The Morgan fingerprint density at radius 2 is 2.00 bits per heavy atom. The highest BCUT2D eigenvalue weighted by atomic mass is 16.3. The summed E-state index contributed by atoms with van der Waals surface area (Å²) in [5.41, 5.74) is 0. The Labute approximate surface area is 65.9 Å². The van der Waals surface area contributed by atoms with Gasteiger partial charge in [-0.25, -0.2) is 0 Å². The molecule has 1 aliphatic heterocycles. The van der Waals surface area contributed by atoms with E-state index in [1.807, 2.05) is 6.92 Å². The molecule has 0 radical (unpaired) electrons. The van der Waals surface area contributed by atoms with Crippen molar-refractivity contribution >= 4 is 0 Å². The van der Waals surface area contributed by atoms with E-state index in [4.69, 9.17) is 5.11 Å². The Bertz CT molecular complexity index is 129. The average molecular weight is 161 g/mol. The predicted molar refractivity (Wildman–Crippen MR) is 40.1 cm³/mol. The van der Waals surface area contributed by atoms with Gasteiger partial charge in [0.25, 0.3) is 0 Å². The van der Waals surface area contributed by atoms with Gasteiger partial charge in [-0.15, -0.1) is 0 Å². The van der Waals surface area contributed by atoms with Crippen LogP contribution < -0.4 is 5.32 Å². The van der Waals surface area contributed by atoms with Crippen molar-refractivity contribution < 1.29 is 15.3 Å². The second kappa shape index (κ2) is 3.49. The van der Waals surface area contributed by atoms with Crippen LogP contribution >= 0.6 is 0 Å². The summed E-state index contributed by atoms with van der Waals surface area (Å²) in [6.45, 7) is 2.36. The molecule has 0 amide bonds. The molecule has 0 aromatic rings. The molecule has 0 aliphatic carbocycles. The second-order valence-corrected chi connectivity index (χ2v) is 3.16. The molecule has 1 fully saturated rings. The third kappa shape index (κ3) is 1.70. The number of aliphatic hydroxyl groups excluding tert-OH is 3. The van der Waals surface area contributed by atoms with Gasteiger partial charge in [0.1, 0.15) is 0 Å². The van der Waals surface area contributed by atoms with Crippen LogP contribution in [-0.4, -0.2) is 46.7 Å². The fraction of sp³-hybridized carbons (Fsp3) is 1.00. The number of nitrogens with one attached hydrogen (secondary N) is 1. The van der Waals surface area contributed by atoms with Gasteiger partial charge >= 0.3 is 0 Å². The minimum Gasteiger partial charge on any atom is -0.395 e. The van der Waals surface area contributed by atoms with E-state index in [0.29, 0.717) is 6.54 Å². The normalized spacial score (nSPS) is 45.8. The summed E-state index contributed by atoms with van der Waals surface area (Å²) in [4.78, 5) is 0. The number of rotatable bonds is 1. The van der Waals surface area contributed by atoms with Gasteiger partial charge in [0, 0.05) is 6.54 Å². The molecule has 1 saturated heterocycles. The standard InChI is InChI=1S/C7H15NO3/c1-4-2-8-5(3-9)7(11)6(4)10/h4-11H,2-3H2,1H3/t4-,5+,6+,7-/m0/s1. The summed E-state index contributed by atoms with van der Waals surface area (Å²) < 4.78 is 0. The molecule has 0 spiro atoms. The van der Waals surface area contributed by atoms with Crippen molar-refractivity contribution in [3.8, 4) is 0 Å². The zero-order chi connectivity index (χ0) is 8.43. The van der Waals surface area contributed by atoms with E-state index in [1.54, 1.807) is 0 Å². The molecule has 4 atom stereocenters. The van der Waals surface area contributed by atoms with Crippen LogP contribution in [0, 0.1) is 5.92 Å². The van der Waals surface area contributed by atoms with E-state index in [2.05, 4.69) is 5.32 Å². The molecule has 1 aliphatic rings. The topological polar surface area (TPSA) is 72.7 Å². The highest BCUT2D eigenvalue weighted by molar-refractivity contribution is 4.89. The van der Waals surface area contributed by atoms with Crippen molar-refractivity contribution in [2.75, 3.05) is 13.2 Å². The van der Waals surface area contributed by atoms with Gasteiger partial charge in [-0.3, -0.25) is 0 Å². The fourth-order valence-electron chi connectivity index (χ4n) is 1.33. The summed E-state index contributed by atoms with van der Waals surface area (Å²) in [7, 11) is 0. The van der Waals surface area contributed by atoms with E-state index in [9.17, 15) is 10.2 Å². The van der Waals surface area contributed by atoms with Crippen LogP contribution in [0.3, 0.4) is 0 Å². The molecule has 11 heavy (non-hydrogen) atoms. The lowest BCUT2D eigenvalue weighted by molar-refractivity contribution is -0.0639. The molecule has 1 heterocycles. The zero-order valence-electron chi connectivity index (χ0n) is 6.57. The van der Waals surface area contributed by atoms with Gasteiger partial charge < -0.3 is 20.6 Å². The molecule has 0 bridgehead atoms. The van der Waals surface area contributed by atoms with Crippen LogP contribution in [-0.2, 0) is 0 Å². The summed E-state index contributed by atoms with van der Waals surface area (Å²) in [5.74, 6) is 0.0489. The maximum Gasteiger partial charge on any atom is 0.0977 e. The maximum absolute atomic E-state index is 9.35. The van der Waals surface area contributed by atoms with Gasteiger partial charge in [-0.05, 0) is 5.92 Å². The van der Waals surface area contributed by atoms with Gasteiger partial charge in [-0.1, -0.05) is 6.92 Å². The first-order valence-corrected chi connectivity index (χ1v) is 3.87. The van der Waals surface area contributed by atoms with Crippen LogP contribution in [0.1, 0.15) is 6.92 Å². The molecule has 0 aromatic carbocycles. The zero-order valence-corrected chi connectivity index (χ0v) is 6.57. The summed E-state index contributed by atoms with van der Waals surface area (Å²) >= 11 is 0. The first-order valence-electron chi connectivity index (χ1n) is 3.87. The minimum atomic E-state index is -0.844. The highest BCUT2D eigenvalue weighted by Gasteiger charge is 2.34. The first kappa shape index (κ1) is 8.93. The van der Waals surface area contributed by atoms with Crippen molar-refractivity contribution in [3.05, 3.63) is 0 Å². The molecular formula is C7H15NO3. The number of hydrogen-bond donors (Lipinski definition) is 4. The van der Waals surface area contributed by atoms with Crippen molar-refractivity contribution in [3.63, 3.8) is 0 Å². The lowest BCUT2D eigenvalue weighted by atomic mass is 9.91. The lowest BCUT2D eigenvalue weighted by Crippen LogP contribution is -2.57. The van der Waals surface area contributed by atoms with Crippen LogP contribution in [0.5, 0.6) is 0 Å². The molecule has 4 nitrogen and oxygen atoms in total. The Morgan fingerprint density at radius 3 is 2.55 bits per heavy atom. The fourth-order valence-corrected chi connectivity index (χ4v) is 1.33. The van der Waals surface area contributed by atoms with Crippen LogP contribution in [0.15, 0.2) is 0 Å². The van der Waals surface area contributed by atoms with Crippen molar-refractivity contribution in [2.45, 2.75) is 25.2 Å². The van der Waals surface area contributed by atoms with E-state index >= 15 is 0 Å². The lowest BCUT2D eigenvalue weighted by Gasteiger charge is -2.35. The molecule has 4 N–H and O–H groups in total. The Hall–Kier alpha value is -0.160. The highest BCUT2D eigenvalue weighted by Crippen LogP contribution is 2.14. The molecule has 4 heteroatoms. The van der Waals surface area contributed by atoms with Crippen LogP contribution in [0.4, 0.5) is 0 Å². The molecule has 1 rings (SSSR count). The van der Waals surface area contributed by atoms with E-state index in [-0.39, 0.29) is 18.6 Å². The van der Waals surface area contributed by atoms with Crippen molar-refractivity contribution in [1.82, 2.24) is 5.32 Å². The summed E-state index contributed by atoms with van der Waals surface area (Å²) in [5, 5.41) is 30.4. The van der Waals surface area contributed by atoms with Crippen LogP contribution in [0.2, 0.25) is 0 Å². The number of hydrogen-bond acceptors (Lipinski definition) is 4. The molecule has 66 valence electrons. The van der Waals surface area contributed by atoms with E-state index in [0.717, 1.165) is 0 Å². The largest absolute Gasteiger partial charge is 0.395 e. The third-order valence-corrected chi connectivity index (χ3v) is 2.24. The van der Waals surface area contributed by atoms with Gasteiger partial charge in [0.2, 0.25) is 0 Å². The summed E-state index contributed by atoms with van der Waals surface area (Å²) in [6.07, 6.45) is -1.56. The van der Waals surface area contributed by atoms with Crippen LogP contribution in [0.25, 0.3) is 0 Å². The second-order valence-electron chi connectivity index (χ2n) is 3.16. The van der Waals surface area contributed by atoms with Crippen molar-refractivity contribution in [2.24, 2.45) is 5.92 Å². The Morgan fingerprint density at radius 1 is 1.36 bits per heavy atom. The molecular weight excluding hydrogens is 146 g/mol. The molecule has 0 saturated carbocycles. The average Bonchev–Trinajstić information content (AvgIpc) is 2.01. The van der Waals surface area contributed by atoms with Gasteiger partial charge in [0.15, 0.2) is 0 Å². The van der Waals surface area contributed by atoms with E-state index < -0.39 is 12.2 Å². The third-order valence-electron chi connectivity index (χ3n) is 2.24. The predicted octanol–water partition coefficient (Wildman–Crippen LogP) is -1.69. The number of piperidine rings is 1. The molecule has 0 aromatic heterocycles. The SMILES string of the molecule is C[C@H]1CN[C@H](CO)[C@H](O)[C@@H]1O. The Balaban J connectivity index is 2.52. The maximum atomic E-state index is 9.35. The number of aliphatic hydroxyl groups is 3. The minimum absolute atomic E-state index is 0.0489. The molecule has 0 unspecified atom stereocenters. The summed E-state index contributed by atoms with van der Waals surface area (Å²) in [6, 6.07) is -0.374. The van der Waals surface area contributed by atoms with Gasteiger partial charge in [0.05, 0.1) is 24.9 Å². The first-order chi connectivity index (χ1) is 5.16.